The molecule has 0 saturated carbocycles. The van der Waals surface area contributed by atoms with E-state index in [9.17, 15) is 14.4 Å². The van der Waals surface area contributed by atoms with E-state index in [0.29, 0.717) is 17.9 Å². The molecule has 2 amide bonds. The number of ether oxygens (including phenoxy) is 1. The van der Waals surface area contributed by atoms with Crippen molar-refractivity contribution in [2.75, 3.05) is 17.7 Å². The second-order valence-electron chi connectivity index (χ2n) is 6.74. The van der Waals surface area contributed by atoms with Crippen molar-refractivity contribution in [2.45, 2.75) is 44.5 Å². The van der Waals surface area contributed by atoms with Crippen LogP contribution in [0.1, 0.15) is 30.9 Å². The summed E-state index contributed by atoms with van der Waals surface area (Å²) < 4.78 is 5.17. The predicted molar refractivity (Wildman–Crippen MR) is 96.2 cm³/mol. The van der Waals surface area contributed by atoms with E-state index in [1.807, 2.05) is 39.0 Å². The number of nitrogens with one attached hydrogen (secondary N) is 1. The third-order valence-electron chi connectivity index (χ3n) is 4.73. The normalized spacial score (nSPS) is 25.0. The average Bonchev–Trinajstić information content (AvgIpc) is 3.05. The fourth-order valence-corrected chi connectivity index (χ4v) is 4.70. The fraction of sp³-hybridized carbons (Fsp3) is 0.500. The molecular formula is C18H22N2O4S. The topological polar surface area (TPSA) is 75.7 Å². The van der Waals surface area contributed by atoms with E-state index in [1.165, 1.54) is 0 Å². The van der Waals surface area contributed by atoms with Crippen molar-refractivity contribution in [1.82, 2.24) is 4.90 Å². The molecule has 2 aliphatic rings. The second-order valence-corrected chi connectivity index (χ2v) is 8.24. The van der Waals surface area contributed by atoms with Gasteiger partial charge in [0.1, 0.15) is 6.04 Å². The molecule has 0 spiro atoms. The number of hydrogen-bond donors (Lipinski definition) is 1. The summed E-state index contributed by atoms with van der Waals surface area (Å²) >= 11 is 1.60. The summed E-state index contributed by atoms with van der Waals surface area (Å²) in [4.78, 5) is 37.8. The van der Waals surface area contributed by atoms with Gasteiger partial charge in [-0.3, -0.25) is 9.59 Å². The zero-order valence-electron chi connectivity index (χ0n) is 14.6. The highest BCUT2D eigenvalue weighted by Gasteiger charge is 2.53. The van der Waals surface area contributed by atoms with Crippen LogP contribution in [0.3, 0.4) is 0 Å². The van der Waals surface area contributed by atoms with Gasteiger partial charge in [-0.05, 0) is 44.4 Å². The molecule has 3 rings (SSSR count). The lowest BCUT2D eigenvalue weighted by atomic mass is 10.1. The molecule has 7 heteroatoms. The van der Waals surface area contributed by atoms with Crippen LogP contribution < -0.4 is 5.32 Å². The van der Waals surface area contributed by atoms with Gasteiger partial charge in [0.2, 0.25) is 5.91 Å². The molecule has 0 radical (unpaired) electrons. The lowest BCUT2D eigenvalue weighted by Gasteiger charge is -2.29. The Morgan fingerprint density at radius 1 is 1.40 bits per heavy atom. The summed E-state index contributed by atoms with van der Waals surface area (Å²) in [6.45, 7) is 5.46. The van der Waals surface area contributed by atoms with Gasteiger partial charge < -0.3 is 15.0 Å². The monoisotopic (exact) mass is 362 g/mol. The highest BCUT2D eigenvalue weighted by atomic mass is 32.2. The average molecular weight is 362 g/mol. The van der Waals surface area contributed by atoms with Crippen LogP contribution in [-0.4, -0.2) is 46.0 Å². The van der Waals surface area contributed by atoms with Crippen molar-refractivity contribution in [1.29, 1.82) is 0 Å². The number of benzene rings is 1. The summed E-state index contributed by atoms with van der Waals surface area (Å²) in [7, 11) is 0. The Kier molecular flexibility index (Phi) is 4.77. The van der Waals surface area contributed by atoms with Crippen molar-refractivity contribution in [3.05, 3.63) is 29.3 Å². The Hall–Kier alpha value is -2.02. The summed E-state index contributed by atoms with van der Waals surface area (Å²) in [5.74, 6) is -0.403. The van der Waals surface area contributed by atoms with E-state index in [4.69, 9.17) is 4.74 Å². The molecule has 1 aromatic carbocycles. The number of amides is 2. The molecule has 0 aromatic heterocycles. The minimum atomic E-state index is -0.599. The van der Waals surface area contributed by atoms with Crippen LogP contribution in [-0.2, 0) is 19.1 Å². The first-order valence-electron chi connectivity index (χ1n) is 8.30. The van der Waals surface area contributed by atoms with Gasteiger partial charge in [-0.15, -0.1) is 11.8 Å². The molecule has 2 saturated heterocycles. The van der Waals surface area contributed by atoms with E-state index in [0.717, 1.165) is 17.5 Å². The number of carbonyl (C=O) groups excluding carboxylic acids is 3. The molecule has 2 heterocycles. The van der Waals surface area contributed by atoms with Crippen LogP contribution in [0, 0.1) is 13.8 Å². The molecule has 1 aromatic rings. The molecule has 0 bridgehead atoms. The molecule has 2 atom stereocenters. The van der Waals surface area contributed by atoms with Gasteiger partial charge >= 0.3 is 5.97 Å². The van der Waals surface area contributed by atoms with Crippen LogP contribution in [0.5, 0.6) is 0 Å². The number of thioether (sulfide) groups is 1. The van der Waals surface area contributed by atoms with Gasteiger partial charge in [-0.2, -0.15) is 0 Å². The summed E-state index contributed by atoms with van der Waals surface area (Å²) in [5, 5.41) is 2.76. The number of hydrogen-bond acceptors (Lipinski definition) is 5. The number of rotatable bonds is 4. The minimum absolute atomic E-state index is 0.0192. The molecule has 25 heavy (non-hydrogen) atoms. The first kappa shape index (κ1) is 17.8. The van der Waals surface area contributed by atoms with Crippen LogP contribution in [0.4, 0.5) is 5.69 Å². The number of fused-ring (bicyclic) bond motifs is 1. The van der Waals surface area contributed by atoms with Gasteiger partial charge in [0.05, 0.1) is 4.87 Å². The smallest absolute Gasteiger partial charge is 0.330 e. The Balaban J connectivity index is 1.56. The summed E-state index contributed by atoms with van der Waals surface area (Å²) in [6, 6.07) is 5.16. The highest BCUT2D eigenvalue weighted by Crippen LogP contribution is 2.47. The number of esters is 1. The zero-order valence-corrected chi connectivity index (χ0v) is 15.4. The predicted octanol–water partition coefficient (Wildman–Crippen LogP) is 2.24. The standard InChI is InChI=1S/C18H22N2O4S/c1-11-4-5-12(2)13(8-11)19-15(21)9-24-17(23)14-10-25-18(3)7-6-16(22)20(14)18/h4-5,8,14H,6-7,9-10H2,1-3H3,(H,19,21)/t14-,18-/m1/s1. The molecule has 1 N–H and O–H groups in total. The molecule has 6 nitrogen and oxygen atoms in total. The lowest BCUT2D eigenvalue weighted by molar-refractivity contribution is -0.155. The van der Waals surface area contributed by atoms with Crippen molar-refractivity contribution < 1.29 is 19.1 Å². The third kappa shape index (κ3) is 3.51. The van der Waals surface area contributed by atoms with Gasteiger partial charge in [0.25, 0.3) is 5.91 Å². The van der Waals surface area contributed by atoms with Crippen molar-refractivity contribution >= 4 is 35.2 Å². The Morgan fingerprint density at radius 3 is 2.92 bits per heavy atom. The maximum Gasteiger partial charge on any atom is 0.330 e. The molecule has 2 aliphatic heterocycles. The van der Waals surface area contributed by atoms with Crippen LogP contribution >= 0.6 is 11.8 Å². The quantitative estimate of drug-likeness (QED) is 0.832. The molecule has 0 unspecified atom stereocenters. The summed E-state index contributed by atoms with van der Waals surface area (Å²) in [5.41, 5.74) is 2.68. The SMILES string of the molecule is Cc1ccc(C)c(NC(=O)COC(=O)[C@H]2CS[C@]3(C)CCC(=O)N23)c1. The largest absolute Gasteiger partial charge is 0.454 e. The van der Waals surface area contributed by atoms with Crippen molar-refractivity contribution in [2.24, 2.45) is 0 Å². The molecule has 134 valence electrons. The number of nitrogens with zero attached hydrogens (tertiary/aromatic N) is 1. The van der Waals surface area contributed by atoms with E-state index in [1.54, 1.807) is 16.7 Å². The van der Waals surface area contributed by atoms with Gasteiger partial charge in [-0.1, -0.05) is 12.1 Å². The first-order chi connectivity index (χ1) is 11.8. The van der Waals surface area contributed by atoms with Crippen LogP contribution in [0.15, 0.2) is 18.2 Å². The number of anilines is 1. The van der Waals surface area contributed by atoms with E-state index >= 15 is 0 Å². The molecule has 2 fully saturated rings. The maximum absolute atomic E-state index is 12.3. The first-order valence-corrected chi connectivity index (χ1v) is 9.28. The fourth-order valence-electron chi connectivity index (χ4n) is 3.28. The zero-order chi connectivity index (χ0) is 18.2. The van der Waals surface area contributed by atoms with Gasteiger partial charge in [0.15, 0.2) is 6.61 Å². The van der Waals surface area contributed by atoms with E-state index in [2.05, 4.69) is 5.32 Å². The maximum atomic E-state index is 12.3. The van der Waals surface area contributed by atoms with E-state index < -0.39 is 12.0 Å². The molecular weight excluding hydrogens is 340 g/mol. The highest BCUT2D eigenvalue weighted by molar-refractivity contribution is 8.01. The van der Waals surface area contributed by atoms with Gasteiger partial charge in [-0.25, -0.2) is 4.79 Å². The lowest BCUT2D eigenvalue weighted by Crippen LogP contribution is -2.47. The minimum Gasteiger partial charge on any atom is -0.454 e. The number of aryl methyl sites for hydroxylation is 2. The third-order valence-corrected chi connectivity index (χ3v) is 6.23. The van der Waals surface area contributed by atoms with Crippen LogP contribution in [0.25, 0.3) is 0 Å². The van der Waals surface area contributed by atoms with E-state index in [-0.39, 0.29) is 23.3 Å². The van der Waals surface area contributed by atoms with Crippen LogP contribution in [0.2, 0.25) is 0 Å². The Morgan fingerprint density at radius 2 is 2.16 bits per heavy atom. The van der Waals surface area contributed by atoms with Crippen molar-refractivity contribution in [3.8, 4) is 0 Å². The van der Waals surface area contributed by atoms with Crippen molar-refractivity contribution in [3.63, 3.8) is 0 Å². The molecule has 0 aliphatic carbocycles. The summed E-state index contributed by atoms with van der Waals surface area (Å²) in [6.07, 6.45) is 1.20. The number of carbonyl (C=O) groups is 3. The van der Waals surface area contributed by atoms with Gasteiger partial charge in [0, 0.05) is 17.9 Å². The second kappa shape index (κ2) is 6.71. The Bertz CT molecular complexity index is 736. The Labute approximate surface area is 151 Å².